The lowest BCUT2D eigenvalue weighted by Gasteiger charge is -2.28. The van der Waals surface area contributed by atoms with Gasteiger partial charge in [-0.2, -0.15) is 0 Å². The van der Waals surface area contributed by atoms with Crippen molar-refractivity contribution in [3.63, 3.8) is 0 Å². The van der Waals surface area contributed by atoms with E-state index in [0.29, 0.717) is 19.6 Å². The van der Waals surface area contributed by atoms with Gasteiger partial charge in [-0.3, -0.25) is 4.79 Å². The van der Waals surface area contributed by atoms with Crippen LogP contribution in [0.2, 0.25) is 0 Å². The molecule has 0 saturated carbocycles. The summed E-state index contributed by atoms with van der Waals surface area (Å²) in [5.74, 6) is -1.01. The maximum atomic E-state index is 12.0. The lowest BCUT2D eigenvalue weighted by atomic mass is 10.4. The van der Waals surface area contributed by atoms with Crippen LogP contribution >= 0.6 is 0 Å². The second-order valence-electron chi connectivity index (χ2n) is 3.58. The minimum Gasteiger partial charge on any atom is -0.480 e. The van der Waals surface area contributed by atoms with E-state index in [-0.39, 0.29) is 12.6 Å². The van der Waals surface area contributed by atoms with E-state index >= 15 is 0 Å². The summed E-state index contributed by atoms with van der Waals surface area (Å²) in [5, 5.41) is 8.75. The van der Waals surface area contributed by atoms with Crippen LogP contribution in [0.4, 0.5) is 4.79 Å². The molecule has 0 aliphatic heterocycles. The van der Waals surface area contributed by atoms with Gasteiger partial charge >= 0.3 is 12.0 Å². The number of carboxylic acids is 1. The van der Waals surface area contributed by atoms with Crippen LogP contribution in [0.3, 0.4) is 0 Å². The van der Waals surface area contributed by atoms with Gasteiger partial charge in [-0.1, -0.05) is 19.1 Å². The summed E-state index contributed by atoms with van der Waals surface area (Å²) in [7, 11) is 0. The summed E-state index contributed by atoms with van der Waals surface area (Å²) in [6.45, 7) is 9.94. The van der Waals surface area contributed by atoms with Gasteiger partial charge in [0.2, 0.25) is 0 Å². The average Bonchev–Trinajstić information content (AvgIpc) is 2.27. The Labute approximate surface area is 102 Å². The number of hydrogen-bond donors (Lipinski definition) is 1. The monoisotopic (exact) mass is 240 g/mol. The molecule has 0 aromatic heterocycles. The Kier molecular flexibility index (Phi) is 7.50. The zero-order valence-corrected chi connectivity index (χ0v) is 10.3. The highest BCUT2D eigenvalue weighted by Gasteiger charge is 2.20. The fraction of sp³-hybridized carbons (Fsp3) is 0.500. The van der Waals surface area contributed by atoms with E-state index in [2.05, 4.69) is 13.2 Å². The number of aliphatic carboxylic acids is 1. The van der Waals surface area contributed by atoms with Gasteiger partial charge in [0.1, 0.15) is 6.54 Å². The second-order valence-corrected chi connectivity index (χ2v) is 3.58. The maximum Gasteiger partial charge on any atom is 0.323 e. The molecule has 1 N–H and O–H groups in total. The smallest absolute Gasteiger partial charge is 0.323 e. The van der Waals surface area contributed by atoms with Gasteiger partial charge in [0.05, 0.1) is 0 Å². The van der Waals surface area contributed by atoms with Gasteiger partial charge in [-0.25, -0.2) is 4.79 Å². The van der Waals surface area contributed by atoms with Crippen molar-refractivity contribution in [2.24, 2.45) is 0 Å². The van der Waals surface area contributed by atoms with Crippen molar-refractivity contribution in [2.75, 3.05) is 26.2 Å². The van der Waals surface area contributed by atoms with Crippen LogP contribution < -0.4 is 0 Å². The fourth-order valence-corrected chi connectivity index (χ4v) is 1.42. The number of nitrogens with zero attached hydrogens (tertiary/aromatic N) is 2. The van der Waals surface area contributed by atoms with E-state index in [1.54, 1.807) is 12.2 Å². The molecule has 5 heteroatoms. The van der Waals surface area contributed by atoms with E-state index in [1.807, 2.05) is 6.92 Å². The Bertz CT molecular complexity index is 279. The molecule has 0 atom stereocenters. The van der Waals surface area contributed by atoms with Crippen LogP contribution in [-0.2, 0) is 4.79 Å². The van der Waals surface area contributed by atoms with E-state index < -0.39 is 5.97 Å². The van der Waals surface area contributed by atoms with Crippen LogP contribution in [0, 0.1) is 0 Å². The highest BCUT2D eigenvalue weighted by atomic mass is 16.4. The molecule has 17 heavy (non-hydrogen) atoms. The van der Waals surface area contributed by atoms with Crippen molar-refractivity contribution >= 4 is 12.0 Å². The number of hydrogen-bond acceptors (Lipinski definition) is 2. The molecule has 5 nitrogen and oxygen atoms in total. The third kappa shape index (κ3) is 5.75. The van der Waals surface area contributed by atoms with Crippen molar-refractivity contribution in [1.82, 2.24) is 9.80 Å². The predicted molar refractivity (Wildman–Crippen MR) is 66.9 cm³/mol. The first-order chi connectivity index (χ1) is 8.06. The van der Waals surface area contributed by atoms with E-state index in [4.69, 9.17) is 5.11 Å². The molecule has 0 aliphatic carbocycles. The number of carboxylic acid groups (broad SMARTS) is 1. The topological polar surface area (TPSA) is 60.9 Å². The summed E-state index contributed by atoms with van der Waals surface area (Å²) < 4.78 is 0. The van der Waals surface area contributed by atoms with Crippen molar-refractivity contribution in [3.8, 4) is 0 Å². The molecule has 0 unspecified atom stereocenters. The van der Waals surface area contributed by atoms with Crippen LogP contribution in [0.25, 0.3) is 0 Å². The van der Waals surface area contributed by atoms with Gasteiger partial charge < -0.3 is 14.9 Å². The van der Waals surface area contributed by atoms with Crippen molar-refractivity contribution in [2.45, 2.75) is 13.3 Å². The number of amides is 2. The van der Waals surface area contributed by atoms with Crippen molar-refractivity contribution in [3.05, 3.63) is 25.3 Å². The molecule has 0 aliphatic rings. The van der Waals surface area contributed by atoms with Gasteiger partial charge in [-0.05, 0) is 6.42 Å². The van der Waals surface area contributed by atoms with Crippen molar-refractivity contribution in [1.29, 1.82) is 0 Å². The maximum absolute atomic E-state index is 12.0. The number of rotatable bonds is 8. The quantitative estimate of drug-likeness (QED) is 0.655. The highest BCUT2D eigenvalue weighted by Crippen LogP contribution is 2.01. The molecule has 0 aromatic carbocycles. The summed E-state index contributed by atoms with van der Waals surface area (Å²) in [4.78, 5) is 25.5. The molecule has 0 fully saturated rings. The normalized spacial score (nSPS) is 9.47. The fourth-order valence-electron chi connectivity index (χ4n) is 1.42. The second kappa shape index (κ2) is 8.38. The summed E-state index contributed by atoms with van der Waals surface area (Å²) in [6, 6.07) is -0.297. The highest BCUT2D eigenvalue weighted by molar-refractivity contribution is 5.80. The van der Waals surface area contributed by atoms with E-state index in [1.165, 1.54) is 9.80 Å². The third-order valence-electron chi connectivity index (χ3n) is 2.06. The molecule has 2 amide bonds. The third-order valence-corrected chi connectivity index (χ3v) is 2.06. The molecular weight excluding hydrogens is 220 g/mol. The van der Waals surface area contributed by atoms with E-state index in [9.17, 15) is 9.59 Å². The zero-order chi connectivity index (χ0) is 13.3. The van der Waals surface area contributed by atoms with Crippen LogP contribution in [0.5, 0.6) is 0 Å². The largest absolute Gasteiger partial charge is 0.480 e. The van der Waals surface area contributed by atoms with Crippen molar-refractivity contribution < 1.29 is 14.7 Å². The summed E-state index contributed by atoms with van der Waals surface area (Å²) in [5.41, 5.74) is 0. The first kappa shape index (κ1) is 15.2. The zero-order valence-electron chi connectivity index (χ0n) is 10.3. The Morgan fingerprint density at radius 3 is 2.06 bits per heavy atom. The van der Waals surface area contributed by atoms with Crippen LogP contribution in [0.1, 0.15) is 13.3 Å². The molecule has 96 valence electrons. The summed E-state index contributed by atoms with van der Waals surface area (Å²) in [6.07, 6.45) is 3.92. The molecule has 0 saturated heterocycles. The minimum absolute atomic E-state index is 0.280. The van der Waals surface area contributed by atoms with Gasteiger partial charge in [0, 0.05) is 19.6 Å². The molecule has 0 spiro atoms. The van der Waals surface area contributed by atoms with Gasteiger partial charge in [0.15, 0.2) is 0 Å². The Morgan fingerprint density at radius 2 is 1.71 bits per heavy atom. The first-order valence-corrected chi connectivity index (χ1v) is 5.54. The molecule has 0 rings (SSSR count). The SMILES string of the molecule is C=CCN(CC=C)C(=O)N(CCC)CC(=O)O. The number of urea groups is 1. The molecule has 0 aromatic rings. The molecule has 0 radical (unpaired) electrons. The average molecular weight is 240 g/mol. The summed E-state index contributed by atoms with van der Waals surface area (Å²) >= 11 is 0. The Balaban J connectivity index is 4.68. The van der Waals surface area contributed by atoms with Gasteiger partial charge in [0.25, 0.3) is 0 Å². The lowest BCUT2D eigenvalue weighted by Crippen LogP contribution is -2.45. The molecular formula is C12H20N2O3. The lowest BCUT2D eigenvalue weighted by molar-refractivity contribution is -0.137. The standard InChI is InChI=1S/C12H20N2O3/c1-4-7-13(8-5-2)12(17)14(9-6-3)10-11(15)16/h4-5H,1-2,6-10H2,3H3,(H,15,16). The molecule has 0 bridgehead atoms. The van der Waals surface area contributed by atoms with E-state index in [0.717, 1.165) is 6.42 Å². The van der Waals surface area contributed by atoms with Gasteiger partial charge in [-0.15, -0.1) is 13.2 Å². The number of carbonyl (C=O) groups is 2. The predicted octanol–water partition coefficient (Wildman–Crippen LogP) is 1.58. The van der Waals surface area contributed by atoms with Crippen LogP contribution in [-0.4, -0.2) is 53.1 Å². The van der Waals surface area contributed by atoms with Crippen LogP contribution in [0.15, 0.2) is 25.3 Å². The minimum atomic E-state index is -1.01. The molecule has 0 heterocycles. The Hall–Kier alpha value is -1.78. The first-order valence-electron chi connectivity index (χ1n) is 5.54. The number of carbonyl (C=O) groups excluding carboxylic acids is 1. The Morgan fingerprint density at radius 1 is 1.18 bits per heavy atom.